The summed E-state index contributed by atoms with van der Waals surface area (Å²) in [4.78, 5) is 29.8. The molecule has 0 amide bonds. The SMILES string of the molecule is CCCN(C)Cc1cc(C2CCC3(CC2)OOC2(OO3)C3CC4CC(C3)CC2C4)cc(CN2CCCC2)c1O. The highest BCUT2D eigenvalue weighted by Crippen LogP contribution is 2.62. The van der Waals surface area contributed by atoms with Crippen molar-refractivity contribution in [3.63, 3.8) is 0 Å². The molecule has 0 aromatic heterocycles. The second-order valence-electron chi connectivity index (χ2n) is 14.0. The first-order valence-corrected chi connectivity index (χ1v) is 15.9. The third kappa shape index (κ3) is 4.95. The van der Waals surface area contributed by atoms with Crippen LogP contribution in [-0.2, 0) is 32.6 Å². The van der Waals surface area contributed by atoms with Crippen molar-refractivity contribution in [3.05, 3.63) is 28.8 Å². The van der Waals surface area contributed by atoms with Gasteiger partial charge in [-0.3, -0.25) is 4.90 Å². The smallest absolute Gasteiger partial charge is 0.239 e. The van der Waals surface area contributed by atoms with E-state index in [-0.39, 0.29) is 0 Å². The highest BCUT2D eigenvalue weighted by Gasteiger charge is 2.64. The van der Waals surface area contributed by atoms with Crippen LogP contribution >= 0.6 is 0 Å². The Bertz CT molecular complexity index is 992. The topological polar surface area (TPSA) is 63.6 Å². The van der Waals surface area contributed by atoms with Gasteiger partial charge in [0.1, 0.15) is 5.75 Å². The van der Waals surface area contributed by atoms with E-state index >= 15 is 0 Å². The monoisotopic (exact) mass is 540 g/mol. The fourth-order valence-corrected chi connectivity index (χ4v) is 9.18. The van der Waals surface area contributed by atoms with Crippen LogP contribution in [0, 0.1) is 23.7 Å². The van der Waals surface area contributed by atoms with Crippen molar-refractivity contribution in [2.24, 2.45) is 23.7 Å². The molecule has 5 saturated carbocycles. The van der Waals surface area contributed by atoms with Crippen LogP contribution in [0.5, 0.6) is 5.75 Å². The van der Waals surface area contributed by atoms with Gasteiger partial charge in [0.2, 0.25) is 11.6 Å². The van der Waals surface area contributed by atoms with Crippen LogP contribution in [0.2, 0.25) is 0 Å². The Balaban J connectivity index is 1.04. The summed E-state index contributed by atoms with van der Waals surface area (Å²) in [5.41, 5.74) is 3.47. The van der Waals surface area contributed by atoms with Crippen molar-refractivity contribution in [3.8, 4) is 5.75 Å². The quantitative estimate of drug-likeness (QED) is 0.410. The lowest BCUT2D eigenvalue weighted by atomic mass is 9.53. The van der Waals surface area contributed by atoms with Gasteiger partial charge in [-0.25, -0.2) is 0 Å². The third-order valence-corrected chi connectivity index (χ3v) is 11.1. The van der Waals surface area contributed by atoms with Gasteiger partial charge < -0.3 is 10.0 Å². The standard InChI is InChI=1S/C32H48N2O5/c1-3-10-33(2)20-26-18-25(19-27(30(26)35)21-34-11-4-5-12-34)24-6-8-31(9-7-24)36-38-32(39-37-31)28-14-22-13-23(16-28)17-29(32)15-22/h18-19,22-24,28-29,35H,3-17,20-21H2,1-2H3. The van der Waals surface area contributed by atoms with E-state index in [1.807, 2.05) is 0 Å². The van der Waals surface area contributed by atoms with Crippen LogP contribution < -0.4 is 0 Å². The van der Waals surface area contributed by atoms with Crippen LogP contribution in [0.1, 0.15) is 107 Å². The molecule has 7 heteroatoms. The molecule has 5 aliphatic carbocycles. The molecule has 7 nitrogen and oxygen atoms in total. The lowest BCUT2D eigenvalue weighted by Gasteiger charge is -2.60. The number of rotatable bonds is 7. The molecule has 2 spiro atoms. The molecule has 7 fully saturated rings. The maximum absolute atomic E-state index is 11.3. The molecular weight excluding hydrogens is 492 g/mol. The number of phenolic OH excluding ortho intramolecular Hbond substituents is 1. The number of nitrogens with zero attached hydrogens (tertiary/aromatic N) is 2. The predicted molar refractivity (Wildman–Crippen MR) is 147 cm³/mol. The van der Waals surface area contributed by atoms with Gasteiger partial charge in [-0.05, 0) is 114 Å². The van der Waals surface area contributed by atoms with Gasteiger partial charge in [0.05, 0.1) is 0 Å². The number of hydrogen-bond donors (Lipinski definition) is 1. The van der Waals surface area contributed by atoms with Crippen LogP contribution in [-0.4, -0.2) is 53.2 Å². The third-order valence-electron chi connectivity index (χ3n) is 11.1. The molecule has 216 valence electrons. The molecule has 0 unspecified atom stereocenters. The average Bonchev–Trinajstić information content (AvgIpc) is 3.44. The van der Waals surface area contributed by atoms with Gasteiger partial charge in [0, 0.05) is 48.9 Å². The van der Waals surface area contributed by atoms with Crippen molar-refractivity contribution in [2.45, 2.75) is 115 Å². The predicted octanol–water partition coefficient (Wildman–Crippen LogP) is 6.25. The summed E-state index contributed by atoms with van der Waals surface area (Å²) in [5, 5.41) is 11.3. The minimum atomic E-state index is -0.796. The van der Waals surface area contributed by atoms with Gasteiger partial charge in [-0.2, -0.15) is 19.6 Å². The molecule has 39 heavy (non-hydrogen) atoms. The Morgan fingerprint density at radius 3 is 2.13 bits per heavy atom. The van der Waals surface area contributed by atoms with E-state index in [0.29, 0.717) is 23.5 Å². The van der Waals surface area contributed by atoms with Crippen molar-refractivity contribution in [1.29, 1.82) is 0 Å². The van der Waals surface area contributed by atoms with E-state index in [0.717, 1.165) is 87.8 Å². The van der Waals surface area contributed by atoms with E-state index < -0.39 is 11.6 Å². The van der Waals surface area contributed by atoms with E-state index in [9.17, 15) is 5.11 Å². The minimum absolute atomic E-state index is 0.401. The average molecular weight is 541 g/mol. The highest BCUT2D eigenvalue weighted by atomic mass is 17.4. The Morgan fingerprint density at radius 1 is 0.897 bits per heavy atom. The maximum Gasteiger partial charge on any atom is 0.239 e. The van der Waals surface area contributed by atoms with E-state index in [1.54, 1.807) is 0 Å². The Morgan fingerprint density at radius 2 is 1.51 bits per heavy atom. The molecule has 2 saturated heterocycles. The first-order valence-electron chi connectivity index (χ1n) is 15.9. The zero-order valence-electron chi connectivity index (χ0n) is 24.0. The molecule has 7 aliphatic rings. The number of likely N-dealkylation sites (tertiary alicyclic amines) is 1. The molecule has 0 atom stereocenters. The molecule has 8 rings (SSSR count). The molecule has 2 aliphatic heterocycles. The molecule has 2 heterocycles. The summed E-state index contributed by atoms with van der Waals surface area (Å²) in [7, 11) is 2.15. The summed E-state index contributed by atoms with van der Waals surface area (Å²) in [6.45, 7) is 7.09. The molecule has 1 aromatic rings. The van der Waals surface area contributed by atoms with Crippen molar-refractivity contribution in [1.82, 2.24) is 9.80 Å². The van der Waals surface area contributed by atoms with Gasteiger partial charge in [-0.1, -0.05) is 19.1 Å². The first-order chi connectivity index (χ1) is 19.0. The van der Waals surface area contributed by atoms with Crippen LogP contribution in [0.4, 0.5) is 0 Å². The van der Waals surface area contributed by atoms with E-state index in [1.165, 1.54) is 50.5 Å². The number of benzene rings is 1. The number of aromatic hydroxyl groups is 1. The molecular formula is C32H48N2O5. The zero-order chi connectivity index (χ0) is 26.6. The van der Waals surface area contributed by atoms with Crippen molar-refractivity contribution >= 4 is 0 Å². The molecule has 1 N–H and O–H groups in total. The number of hydrogen-bond acceptors (Lipinski definition) is 7. The summed E-state index contributed by atoms with van der Waals surface area (Å²) in [6, 6.07) is 4.54. The van der Waals surface area contributed by atoms with Crippen molar-refractivity contribution < 1.29 is 24.7 Å². The summed E-state index contributed by atoms with van der Waals surface area (Å²) in [6.07, 6.45) is 13.2. The summed E-state index contributed by atoms with van der Waals surface area (Å²) < 4.78 is 0. The van der Waals surface area contributed by atoms with E-state index in [4.69, 9.17) is 19.6 Å². The van der Waals surface area contributed by atoms with Gasteiger partial charge in [0.25, 0.3) is 0 Å². The lowest BCUT2D eigenvalue weighted by molar-refractivity contribution is -0.680. The first kappa shape index (κ1) is 26.7. The fraction of sp³-hybridized carbons (Fsp3) is 0.812. The van der Waals surface area contributed by atoms with Crippen LogP contribution in [0.25, 0.3) is 0 Å². The second-order valence-corrected chi connectivity index (χ2v) is 14.0. The Kier molecular flexibility index (Phi) is 7.22. The fourth-order valence-electron chi connectivity index (χ4n) is 9.18. The summed E-state index contributed by atoms with van der Waals surface area (Å²) in [5.74, 6) is 1.89. The molecule has 0 radical (unpaired) electrons. The van der Waals surface area contributed by atoms with Crippen LogP contribution in [0.3, 0.4) is 0 Å². The van der Waals surface area contributed by atoms with E-state index in [2.05, 4.69) is 35.9 Å². The Hall–Kier alpha value is -1.22. The number of phenols is 1. The van der Waals surface area contributed by atoms with Crippen LogP contribution in [0.15, 0.2) is 12.1 Å². The molecule has 1 aromatic carbocycles. The summed E-state index contributed by atoms with van der Waals surface area (Å²) >= 11 is 0. The second kappa shape index (κ2) is 10.6. The highest BCUT2D eigenvalue weighted by molar-refractivity contribution is 5.45. The lowest BCUT2D eigenvalue weighted by Crippen LogP contribution is -2.64. The maximum atomic E-state index is 11.3. The molecule has 4 bridgehead atoms. The normalized spacial score (nSPS) is 39.9. The van der Waals surface area contributed by atoms with Gasteiger partial charge in [-0.15, -0.1) is 0 Å². The largest absolute Gasteiger partial charge is 0.507 e. The zero-order valence-corrected chi connectivity index (χ0v) is 24.0. The Labute approximate surface area is 234 Å². The van der Waals surface area contributed by atoms with Crippen molar-refractivity contribution in [2.75, 3.05) is 26.7 Å². The van der Waals surface area contributed by atoms with Gasteiger partial charge in [0.15, 0.2) is 0 Å². The minimum Gasteiger partial charge on any atom is -0.507 e. The van der Waals surface area contributed by atoms with Gasteiger partial charge >= 0.3 is 0 Å².